The fraction of sp³-hybridized carbons (Fsp3) is 0.308. The smallest absolute Gasteiger partial charge is 0.306 e. The summed E-state index contributed by atoms with van der Waals surface area (Å²) in [4.78, 5) is 39.5. The van der Waals surface area contributed by atoms with Gasteiger partial charge in [-0.15, -0.1) is 11.3 Å². The summed E-state index contributed by atoms with van der Waals surface area (Å²) in [6, 6.07) is 7.44. The fourth-order valence-corrected chi connectivity index (χ4v) is 5.12. The number of nitrogens with one attached hydrogen (secondary N) is 1. The Morgan fingerprint density at radius 1 is 1.05 bits per heavy atom. The summed E-state index contributed by atoms with van der Waals surface area (Å²) in [5, 5.41) is 11.7. The van der Waals surface area contributed by atoms with Crippen LogP contribution >= 0.6 is 11.3 Å². The largest absolute Gasteiger partial charge is 0.490 e. The molecule has 1 heterocycles. The zero-order chi connectivity index (χ0) is 26.5. The summed E-state index contributed by atoms with van der Waals surface area (Å²) in [7, 11) is 0. The van der Waals surface area contributed by atoms with Crippen molar-refractivity contribution in [3.63, 3.8) is 0 Å². The number of hydrogen-bond acceptors (Lipinski definition) is 5. The van der Waals surface area contributed by atoms with Crippen LogP contribution in [0.25, 0.3) is 10.1 Å². The lowest BCUT2D eigenvalue weighted by Crippen LogP contribution is -2.27. The Bertz CT molecular complexity index is 1370. The molecule has 11 heteroatoms. The van der Waals surface area contributed by atoms with Crippen LogP contribution < -0.4 is 10.1 Å². The SMILES string of the molecule is O=C(N=CCNC(=O)c1cc(F)c(OCC2CCC(C(=O)O)CC2)cc1F)c1cc2c(F)cccc2s1. The second-order valence-electron chi connectivity index (χ2n) is 8.72. The Balaban J connectivity index is 1.29. The number of fused-ring (bicyclic) bond motifs is 1. The fourth-order valence-electron chi connectivity index (χ4n) is 4.15. The van der Waals surface area contributed by atoms with Gasteiger partial charge in [-0.05, 0) is 55.9 Å². The topological polar surface area (TPSA) is 105 Å². The number of halogens is 3. The molecule has 0 atom stereocenters. The monoisotopic (exact) mass is 532 g/mol. The molecule has 0 unspecified atom stereocenters. The van der Waals surface area contributed by atoms with Gasteiger partial charge < -0.3 is 15.2 Å². The third kappa shape index (κ3) is 6.34. The van der Waals surface area contributed by atoms with E-state index in [-0.39, 0.29) is 35.6 Å². The Labute approximate surface area is 214 Å². The first-order chi connectivity index (χ1) is 17.7. The van der Waals surface area contributed by atoms with E-state index in [2.05, 4.69) is 10.3 Å². The van der Waals surface area contributed by atoms with E-state index in [1.54, 1.807) is 6.07 Å². The summed E-state index contributed by atoms with van der Waals surface area (Å²) in [5.41, 5.74) is -0.536. The summed E-state index contributed by atoms with van der Waals surface area (Å²) in [5.74, 6) is -5.37. The molecule has 1 aliphatic carbocycles. The highest BCUT2D eigenvalue weighted by Gasteiger charge is 2.26. The number of ether oxygens (including phenoxy) is 1. The van der Waals surface area contributed by atoms with Gasteiger partial charge in [0.15, 0.2) is 11.6 Å². The number of nitrogens with zero attached hydrogens (tertiary/aromatic N) is 1. The molecule has 3 aromatic rings. The first-order valence-electron chi connectivity index (χ1n) is 11.6. The summed E-state index contributed by atoms with van der Waals surface area (Å²) in [6.45, 7) is -0.104. The predicted octanol–water partition coefficient (Wildman–Crippen LogP) is 5.23. The molecular weight excluding hydrogens is 509 g/mol. The molecular formula is C26H23F3N2O5S. The second-order valence-corrected chi connectivity index (χ2v) is 9.80. The molecule has 1 fully saturated rings. The number of benzene rings is 2. The normalized spacial score (nSPS) is 17.7. The minimum atomic E-state index is -0.983. The Hall–Kier alpha value is -3.73. The van der Waals surface area contributed by atoms with E-state index in [0.29, 0.717) is 35.8 Å². The van der Waals surface area contributed by atoms with Crippen molar-refractivity contribution >= 4 is 45.4 Å². The van der Waals surface area contributed by atoms with E-state index in [9.17, 15) is 27.6 Å². The molecule has 0 aliphatic heterocycles. The van der Waals surface area contributed by atoms with Gasteiger partial charge >= 0.3 is 5.97 Å². The van der Waals surface area contributed by atoms with Crippen molar-refractivity contribution in [3.8, 4) is 5.75 Å². The minimum absolute atomic E-state index is 0.0367. The van der Waals surface area contributed by atoms with E-state index >= 15 is 0 Å². The first kappa shape index (κ1) is 26.3. The van der Waals surface area contributed by atoms with Gasteiger partial charge in [0.1, 0.15) is 11.6 Å². The number of amides is 2. The van der Waals surface area contributed by atoms with Crippen LogP contribution in [0.5, 0.6) is 5.75 Å². The van der Waals surface area contributed by atoms with Crippen LogP contribution in [0.1, 0.15) is 45.7 Å². The van der Waals surface area contributed by atoms with Crippen molar-refractivity contribution in [2.24, 2.45) is 16.8 Å². The third-order valence-electron chi connectivity index (χ3n) is 6.22. The lowest BCUT2D eigenvalue weighted by Gasteiger charge is -2.26. The van der Waals surface area contributed by atoms with Gasteiger partial charge in [-0.25, -0.2) is 18.2 Å². The Morgan fingerprint density at radius 2 is 1.81 bits per heavy atom. The highest BCUT2D eigenvalue weighted by molar-refractivity contribution is 7.20. The maximum Gasteiger partial charge on any atom is 0.306 e. The molecule has 1 aromatic heterocycles. The van der Waals surface area contributed by atoms with Crippen molar-refractivity contribution < 1.29 is 37.4 Å². The lowest BCUT2D eigenvalue weighted by atomic mass is 9.82. The average molecular weight is 533 g/mol. The van der Waals surface area contributed by atoms with Gasteiger partial charge in [0.25, 0.3) is 11.8 Å². The van der Waals surface area contributed by atoms with Gasteiger partial charge in [-0.1, -0.05) is 6.07 Å². The molecule has 2 N–H and O–H groups in total. The molecule has 0 radical (unpaired) electrons. The summed E-state index contributed by atoms with van der Waals surface area (Å²) >= 11 is 1.08. The van der Waals surface area contributed by atoms with Gasteiger partial charge in [-0.3, -0.25) is 14.4 Å². The van der Waals surface area contributed by atoms with E-state index in [1.165, 1.54) is 18.2 Å². The molecule has 194 valence electrons. The van der Waals surface area contributed by atoms with Crippen molar-refractivity contribution in [2.45, 2.75) is 25.7 Å². The van der Waals surface area contributed by atoms with Gasteiger partial charge in [-0.2, -0.15) is 0 Å². The quantitative estimate of drug-likeness (QED) is 0.387. The maximum atomic E-state index is 14.5. The van der Waals surface area contributed by atoms with Crippen molar-refractivity contribution in [1.29, 1.82) is 0 Å². The summed E-state index contributed by atoms with van der Waals surface area (Å²) < 4.78 is 48.8. The minimum Gasteiger partial charge on any atom is -0.490 e. The highest BCUT2D eigenvalue weighted by atomic mass is 32.1. The number of aliphatic imine (C=N–C) groups is 1. The zero-order valence-corrected chi connectivity index (χ0v) is 20.3. The number of carboxylic acids is 1. The van der Waals surface area contributed by atoms with Crippen molar-refractivity contribution in [2.75, 3.05) is 13.2 Å². The maximum absolute atomic E-state index is 14.5. The Morgan fingerprint density at radius 3 is 2.51 bits per heavy atom. The van der Waals surface area contributed by atoms with E-state index in [0.717, 1.165) is 29.7 Å². The molecule has 7 nitrogen and oxygen atoms in total. The molecule has 0 bridgehead atoms. The number of thiophene rings is 1. The van der Waals surface area contributed by atoms with E-state index in [1.807, 2.05) is 0 Å². The second kappa shape index (κ2) is 11.5. The Kier molecular flexibility index (Phi) is 8.22. The molecule has 1 aliphatic rings. The molecule has 0 saturated heterocycles. The zero-order valence-electron chi connectivity index (χ0n) is 19.5. The number of rotatable bonds is 8. The van der Waals surface area contributed by atoms with Crippen LogP contribution in [0.15, 0.2) is 41.4 Å². The molecule has 0 spiro atoms. The van der Waals surface area contributed by atoms with Crippen LogP contribution in [-0.2, 0) is 4.79 Å². The van der Waals surface area contributed by atoms with Crippen LogP contribution in [0.2, 0.25) is 0 Å². The van der Waals surface area contributed by atoms with Gasteiger partial charge in [0.2, 0.25) is 0 Å². The van der Waals surface area contributed by atoms with Crippen LogP contribution in [0.4, 0.5) is 13.2 Å². The van der Waals surface area contributed by atoms with Crippen LogP contribution in [0, 0.1) is 29.3 Å². The predicted molar refractivity (Wildman–Crippen MR) is 132 cm³/mol. The molecule has 2 aromatic carbocycles. The van der Waals surface area contributed by atoms with Gasteiger partial charge in [0.05, 0.1) is 29.5 Å². The van der Waals surface area contributed by atoms with Crippen molar-refractivity contribution in [1.82, 2.24) is 5.32 Å². The molecule has 2 amide bonds. The van der Waals surface area contributed by atoms with E-state index in [4.69, 9.17) is 9.84 Å². The third-order valence-corrected chi connectivity index (χ3v) is 7.31. The summed E-state index contributed by atoms with van der Waals surface area (Å²) in [6.07, 6.45) is 3.37. The standard InChI is InChI=1S/C26H23F3N2O5S/c27-18-2-1-3-22-16(18)11-23(37-22)25(33)31-9-8-30-24(32)17-10-20(29)21(12-19(17)28)36-13-14-4-6-15(7-5-14)26(34)35/h1-3,9-12,14-15H,4-8,13H2,(H,30,32)(H,34,35). The number of hydrogen-bond donors (Lipinski definition) is 2. The number of carbonyl (C=O) groups excluding carboxylic acids is 2. The molecule has 4 rings (SSSR count). The average Bonchev–Trinajstić information content (AvgIpc) is 3.33. The molecule has 37 heavy (non-hydrogen) atoms. The molecule has 1 saturated carbocycles. The first-order valence-corrected chi connectivity index (χ1v) is 12.4. The number of carboxylic acid groups (broad SMARTS) is 1. The number of carbonyl (C=O) groups is 3. The van der Waals surface area contributed by atoms with Gasteiger partial charge in [0, 0.05) is 22.4 Å². The van der Waals surface area contributed by atoms with Crippen LogP contribution in [-0.4, -0.2) is 42.3 Å². The lowest BCUT2D eigenvalue weighted by molar-refractivity contribution is -0.143. The highest BCUT2D eigenvalue weighted by Crippen LogP contribution is 2.31. The van der Waals surface area contributed by atoms with E-state index < -0.39 is 40.8 Å². The number of aliphatic carboxylic acids is 1. The van der Waals surface area contributed by atoms with Crippen LogP contribution in [0.3, 0.4) is 0 Å². The van der Waals surface area contributed by atoms with Crippen molar-refractivity contribution in [3.05, 3.63) is 64.3 Å².